The molecule has 0 amide bonds. The van der Waals surface area contributed by atoms with Crippen molar-refractivity contribution in [3.63, 3.8) is 0 Å². The maximum Gasteiger partial charge on any atom is 0.193 e. The molecule has 2 heterocycles. The Balaban J connectivity index is 1.52. The zero-order valence-corrected chi connectivity index (χ0v) is 14.5. The fraction of sp³-hybridized carbons (Fsp3) is 0.938. The van der Waals surface area contributed by atoms with Crippen molar-refractivity contribution in [2.24, 2.45) is 16.3 Å². The van der Waals surface area contributed by atoms with E-state index in [2.05, 4.69) is 15.2 Å². The van der Waals surface area contributed by atoms with Crippen molar-refractivity contribution < 1.29 is 8.42 Å². The van der Waals surface area contributed by atoms with E-state index in [9.17, 15) is 8.42 Å². The summed E-state index contributed by atoms with van der Waals surface area (Å²) in [6, 6.07) is 0. The molecule has 3 rings (SSSR count). The third-order valence-corrected chi connectivity index (χ3v) is 7.58. The third-order valence-electron chi connectivity index (χ3n) is 5.74. The number of rotatable bonds is 2. The summed E-state index contributed by atoms with van der Waals surface area (Å²) in [4.78, 5) is 6.81. The summed E-state index contributed by atoms with van der Waals surface area (Å²) in [7, 11) is -0.952. The second kappa shape index (κ2) is 6.38. The van der Waals surface area contributed by atoms with Crippen LogP contribution in [0.3, 0.4) is 0 Å². The van der Waals surface area contributed by atoms with Crippen LogP contribution in [0.2, 0.25) is 0 Å². The summed E-state index contributed by atoms with van der Waals surface area (Å²) in [5, 5.41) is 3.42. The topological polar surface area (TPSA) is 61.8 Å². The van der Waals surface area contributed by atoms with E-state index in [1.807, 2.05) is 7.05 Å². The molecule has 1 N–H and O–H groups in total. The Morgan fingerprint density at radius 2 is 2.05 bits per heavy atom. The van der Waals surface area contributed by atoms with Crippen molar-refractivity contribution in [2.75, 3.05) is 38.2 Å². The fourth-order valence-corrected chi connectivity index (χ4v) is 6.29. The molecule has 0 aromatic heterocycles. The maximum atomic E-state index is 11.5. The molecule has 6 heteroatoms. The molecule has 1 spiro atoms. The highest BCUT2D eigenvalue weighted by molar-refractivity contribution is 7.91. The Morgan fingerprint density at radius 1 is 1.27 bits per heavy atom. The third kappa shape index (κ3) is 3.58. The molecule has 2 aliphatic heterocycles. The number of sulfone groups is 1. The molecule has 1 saturated carbocycles. The number of likely N-dealkylation sites (tertiary alicyclic amines) is 1. The molecule has 5 nitrogen and oxygen atoms in total. The Hall–Kier alpha value is -0.780. The monoisotopic (exact) mass is 327 g/mol. The van der Waals surface area contributed by atoms with Gasteiger partial charge in [0.1, 0.15) is 0 Å². The van der Waals surface area contributed by atoms with Gasteiger partial charge in [0.25, 0.3) is 0 Å². The molecule has 1 atom stereocenters. The highest BCUT2D eigenvalue weighted by Crippen LogP contribution is 2.43. The first-order chi connectivity index (χ1) is 10.5. The van der Waals surface area contributed by atoms with Crippen molar-refractivity contribution in [1.29, 1.82) is 0 Å². The minimum Gasteiger partial charge on any atom is -0.356 e. The van der Waals surface area contributed by atoms with Crippen LogP contribution in [0.25, 0.3) is 0 Å². The molecule has 3 aliphatic rings. The highest BCUT2D eigenvalue weighted by atomic mass is 32.2. The standard InChI is InChI=1S/C16H29N3O2S/c1-17-15(18-11-14-5-10-22(20,21)12-14)19-9-8-16(13-19)6-3-2-4-7-16/h14H,2-13H2,1H3,(H,17,18). The van der Waals surface area contributed by atoms with Gasteiger partial charge < -0.3 is 10.2 Å². The first-order valence-corrected chi connectivity index (χ1v) is 10.5. The minimum atomic E-state index is -2.78. The molecule has 0 radical (unpaired) electrons. The summed E-state index contributed by atoms with van der Waals surface area (Å²) in [5.41, 5.74) is 0.520. The largest absolute Gasteiger partial charge is 0.356 e. The summed E-state index contributed by atoms with van der Waals surface area (Å²) in [6.07, 6.45) is 8.94. The van der Waals surface area contributed by atoms with Gasteiger partial charge in [0, 0.05) is 26.7 Å². The van der Waals surface area contributed by atoms with Crippen LogP contribution in [0.1, 0.15) is 44.9 Å². The van der Waals surface area contributed by atoms with E-state index in [0.717, 1.165) is 32.0 Å². The molecule has 0 aromatic carbocycles. The van der Waals surface area contributed by atoms with Gasteiger partial charge in [-0.1, -0.05) is 19.3 Å². The lowest BCUT2D eigenvalue weighted by molar-refractivity contribution is 0.203. The Labute approximate surface area is 134 Å². The van der Waals surface area contributed by atoms with E-state index in [-0.39, 0.29) is 5.92 Å². The van der Waals surface area contributed by atoms with Crippen molar-refractivity contribution in [1.82, 2.24) is 10.2 Å². The van der Waals surface area contributed by atoms with Crippen LogP contribution in [0.5, 0.6) is 0 Å². The highest BCUT2D eigenvalue weighted by Gasteiger charge is 2.40. The molecule has 1 aliphatic carbocycles. The second-order valence-electron chi connectivity index (χ2n) is 7.43. The molecular formula is C16H29N3O2S. The zero-order valence-electron chi connectivity index (χ0n) is 13.7. The van der Waals surface area contributed by atoms with Gasteiger partial charge in [0.05, 0.1) is 11.5 Å². The van der Waals surface area contributed by atoms with Crippen LogP contribution in [0, 0.1) is 11.3 Å². The predicted molar refractivity (Wildman–Crippen MR) is 89.8 cm³/mol. The van der Waals surface area contributed by atoms with Crippen LogP contribution >= 0.6 is 0 Å². The molecule has 2 saturated heterocycles. The lowest BCUT2D eigenvalue weighted by atomic mass is 9.73. The molecule has 22 heavy (non-hydrogen) atoms. The van der Waals surface area contributed by atoms with Crippen LogP contribution in [-0.2, 0) is 9.84 Å². The molecule has 3 fully saturated rings. The van der Waals surface area contributed by atoms with Crippen molar-refractivity contribution in [3.05, 3.63) is 0 Å². The maximum absolute atomic E-state index is 11.5. The summed E-state index contributed by atoms with van der Waals surface area (Å²) in [6.45, 7) is 2.94. The average molecular weight is 327 g/mol. The lowest BCUT2D eigenvalue weighted by Crippen LogP contribution is -2.43. The van der Waals surface area contributed by atoms with E-state index in [4.69, 9.17) is 0 Å². The molecule has 0 aromatic rings. The SMILES string of the molecule is CN=C(NCC1CCS(=O)(=O)C1)N1CCC2(CCCCC2)C1. The van der Waals surface area contributed by atoms with Gasteiger partial charge >= 0.3 is 0 Å². The number of guanidine groups is 1. The first kappa shape index (κ1) is 16.1. The number of nitrogens with one attached hydrogen (secondary N) is 1. The van der Waals surface area contributed by atoms with Gasteiger partial charge in [-0.05, 0) is 37.0 Å². The number of hydrogen-bond acceptors (Lipinski definition) is 3. The summed E-state index contributed by atoms with van der Waals surface area (Å²) >= 11 is 0. The van der Waals surface area contributed by atoms with Crippen molar-refractivity contribution in [3.8, 4) is 0 Å². The molecule has 0 bridgehead atoms. The summed E-state index contributed by atoms with van der Waals surface area (Å²) in [5.74, 6) is 1.89. The van der Waals surface area contributed by atoms with Gasteiger partial charge in [-0.25, -0.2) is 8.42 Å². The number of aliphatic imine (C=N–C) groups is 1. The average Bonchev–Trinajstić information content (AvgIpc) is 3.05. The molecule has 126 valence electrons. The number of hydrogen-bond donors (Lipinski definition) is 1. The van der Waals surface area contributed by atoms with Crippen LogP contribution in [0.15, 0.2) is 4.99 Å². The van der Waals surface area contributed by atoms with Crippen LogP contribution in [-0.4, -0.2) is 57.5 Å². The van der Waals surface area contributed by atoms with Gasteiger partial charge in [0.2, 0.25) is 0 Å². The van der Waals surface area contributed by atoms with Crippen molar-refractivity contribution >= 4 is 15.8 Å². The Kier molecular flexibility index (Phi) is 4.67. The normalized spacial score (nSPS) is 30.9. The van der Waals surface area contributed by atoms with E-state index in [1.54, 1.807) is 0 Å². The number of nitrogens with zero attached hydrogens (tertiary/aromatic N) is 2. The van der Waals surface area contributed by atoms with Gasteiger partial charge in [-0.15, -0.1) is 0 Å². The first-order valence-electron chi connectivity index (χ1n) is 8.68. The van der Waals surface area contributed by atoms with E-state index in [0.29, 0.717) is 16.9 Å². The second-order valence-corrected chi connectivity index (χ2v) is 9.66. The van der Waals surface area contributed by atoms with Gasteiger partial charge in [-0.3, -0.25) is 4.99 Å². The zero-order chi connectivity index (χ0) is 15.6. The van der Waals surface area contributed by atoms with Crippen LogP contribution in [0.4, 0.5) is 0 Å². The lowest BCUT2D eigenvalue weighted by Gasteiger charge is -2.33. The Morgan fingerprint density at radius 3 is 2.68 bits per heavy atom. The fourth-order valence-electron chi connectivity index (χ4n) is 4.43. The molecular weight excluding hydrogens is 298 g/mol. The Bertz CT molecular complexity index is 524. The van der Waals surface area contributed by atoms with Crippen LogP contribution < -0.4 is 5.32 Å². The summed E-state index contributed by atoms with van der Waals surface area (Å²) < 4.78 is 23.1. The predicted octanol–water partition coefficient (Wildman–Crippen LogP) is 1.65. The molecule has 1 unspecified atom stereocenters. The van der Waals surface area contributed by atoms with E-state index < -0.39 is 9.84 Å². The smallest absolute Gasteiger partial charge is 0.193 e. The minimum absolute atomic E-state index is 0.244. The van der Waals surface area contributed by atoms with E-state index in [1.165, 1.54) is 38.5 Å². The quantitative estimate of drug-likeness (QED) is 0.619. The van der Waals surface area contributed by atoms with E-state index >= 15 is 0 Å². The van der Waals surface area contributed by atoms with Crippen molar-refractivity contribution in [2.45, 2.75) is 44.9 Å². The van der Waals surface area contributed by atoms with Gasteiger partial charge in [0.15, 0.2) is 15.8 Å². The van der Waals surface area contributed by atoms with Gasteiger partial charge in [-0.2, -0.15) is 0 Å².